The van der Waals surface area contributed by atoms with Gasteiger partial charge < -0.3 is 0 Å². The molecule has 0 amide bonds. The fourth-order valence-electron chi connectivity index (χ4n) is 5.03. The quantitative estimate of drug-likeness (QED) is 0.755. The summed E-state index contributed by atoms with van der Waals surface area (Å²) in [5, 5.41) is 0. The lowest BCUT2D eigenvalue weighted by molar-refractivity contribution is -0.129. The number of nitrogens with zero attached hydrogens (tertiary/aromatic N) is 1. The summed E-state index contributed by atoms with van der Waals surface area (Å²) in [4.78, 5) is 27.5. The van der Waals surface area contributed by atoms with Gasteiger partial charge in [-0.05, 0) is 57.5 Å². The summed E-state index contributed by atoms with van der Waals surface area (Å²) in [7, 11) is 0. The lowest BCUT2D eigenvalue weighted by Crippen LogP contribution is -2.42. The molecule has 0 bridgehead atoms. The van der Waals surface area contributed by atoms with Crippen LogP contribution in [0.5, 0.6) is 0 Å². The zero-order valence-electron chi connectivity index (χ0n) is 15.5. The molecule has 1 saturated heterocycles. The Hall–Kier alpha value is -0.700. The fourth-order valence-corrected chi connectivity index (χ4v) is 5.03. The second-order valence-electron chi connectivity index (χ2n) is 8.71. The van der Waals surface area contributed by atoms with Gasteiger partial charge in [0.05, 0.1) is 6.54 Å². The molecule has 3 fully saturated rings. The van der Waals surface area contributed by atoms with Crippen molar-refractivity contribution in [3.8, 4) is 0 Å². The predicted octanol–water partition coefficient (Wildman–Crippen LogP) is 4.24. The van der Waals surface area contributed by atoms with E-state index in [0.29, 0.717) is 29.9 Å². The first kappa shape index (κ1) is 18.1. The number of ketones is 2. The molecular formula is C21H35NO2. The standard InChI is InChI=1S/C21H35NO2/c1-16-7-9-17(10-8-16)20(23)15-22-13-11-19(12-14-22)21(24)18-5-3-2-4-6-18/h16-19H,2-15H2,1H3. The molecule has 3 rings (SSSR count). The number of rotatable bonds is 5. The van der Waals surface area contributed by atoms with Gasteiger partial charge in [0.25, 0.3) is 0 Å². The third kappa shape index (κ3) is 4.68. The van der Waals surface area contributed by atoms with Crippen LogP contribution < -0.4 is 0 Å². The Morgan fingerprint density at radius 2 is 1.33 bits per heavy atom. The van der Waals surface area contributed by atoms with E-state index in [1.54, 1.807) is 0 Å². The summed E-state index contributed by atoms with van der Waals surface area (Å²) in [6, 6.07) is 0. The summed E-state index contributed by atoms with van der Waals surface area (Å²) in [6.45, 7) is 4.81. The summed E-state index contributed by atoms with van der Waals surface area (Å²) in [5.41, 5.74) is 0. The highest BCUT2D eigenvalue weighted by Crippen LogP contribution is 2.31. The van der Waals surface area contributed by atoms with Gasteiger partial charge >= 0.3 is 0 Å². The summed E-state index contributed by atoms with van der Waals surface area (Å²) >= 11 is 0. The van der Waals surface area contributed by atoms with Crippen molar-refractivity contribution in [3.63, 3.8) is 0 Å². The summed E-state index contributed by atoms with van der Waals surface area (Å²) in [6.07, 6.45) is 12.6. The van der Waals surface area contributed by atoms with Gasteiger partial charge in [0.1, 0.15) is 11.6 Å². The third-order valence-electron chi connectivity index (χ3n) is 6.85. The van der Waals surface area contributed by atoms with Crippen LogP contribution in [0.2, 0.25) is 0 Å². The Bertz CT molecular complexity index is 425. The Morgan fingerprint density at radius 1 is 0.750 bits per heavy atom. The molecule has 1 heterocycles. The van der Waals surface area contributed by atoms with Crippen LogP contribution >= 0.6 is 0 Å². The van der Waals surface area contributed by atoms with Crippen molar-refractivity contribution >= 4 is 11.6 Å². The molecule has 136 valence electrons. The number of hydrogen-bond acceptors (Lipinski definition) is 3. The van der Waals surface area contributed by atoms with E-state index >= 15 is 0 Å². The predicted molar refractivity (Wildman–Crippen MR) is 96.9 cm³/mol. The monoisotopic (exact) mass is 333 g/mol. The van der Waals surface area contributed by atoms with E-state index in [9.17, 15) is 9.59 Å². The van der Waals surface area contributed by atoms with Gasteiger partial charge in [-0.3, -0.25) is 14.5 Å². The van der Waals surface area contributed by atoms with Crippen LogP contribution in [0.4, 0.5) is 0 Å². The molecule has 0 N–H and O–H groups in total. The second-order valence-corrected chi connectivity index (χ2v) is 8.71. The zero-order chi connectivity index (χ0) is 16.9. The van der Waals surface area contributed by atoms with E-state index in [-0.39, 0.29) is 5.92 Å². The Labute approximate surface area is 147 Å². The minimum Gasteiger partial charge on any atom is -0.299 e. The molecule has 0 atom stereocenters. The van der Waals surface area contributed by atoms with Crippen molar-refractivity contribution in [1.82, 2.24) is 4.90 Å². The minimum absolute atomic E-state index is 0.273. The largest absolute Gasteiger partial charge is 0.299 e. The molecule has 0 spiro atoms. The number of Topliss-reactive ketones (excluding diaryl/α,β-unsaturated/α-hetero) is 2. The minimum atomic E-state index is 0.273. The van der Waals surface area contributed by atoms with Gasteiger partial charge in [0.2, 0.25) is 0 Å². The molecule has 24 heavy (non-hydrogen) atoms. The van der Waals surface area contributed by atoms with Crippen LogP contribution in [-0.4, -0.2) is 36.1 Å². The zero-order valence-corrected chi connectivity index (χ0v) is 15.5. The van der Waals surface area contributed by atoms with Crippen molar-refractivity contribution in [2.24, 2.45) is 23.7 Å². The highest BCUT2D eigenvalue weighted by atomic mass is 16.1. The van der Waals surface area contributed by atoms with Gasteiger partial charge in [-0.2, -0.15) is 0 Å². The summed E-state index contributed by atoms with van der Waals surface area (Å²) in [5.74, 6) is 2.73. The lowest BCUT2D eigenvalue weighted by Gasteiger charge is -2.34. The lowest BCUT2D eigenvalue weighted by atomic mass is 9.78. The van der Waals surface area contributed by atoms with Gasteiger partial charge in [-0.25, -0.2) is 0 Å². The fraction of sp³-hybridized carbons (Fsp3) is 0.905. The third-order valence-corrected chi connectivity index (χ3v) is 6.85. The van der Waals surface area contributed by atoms with Gasteiger partial charge in [0.15, 0.2) is 0 Å². The average molecular weight is 334 g/mol. The SMILES string of the molecule is CC1CCC(C(=O)CN2CCC(C(=O)C3CCCCC3)CC2)CC1. The van der Waals surface area contributed by atoms with E-state index in [2.05, 4.69) is 11.8 Å². The first-order valence-corrected chi connectivity index (χ1v) is 10.4. The Balaban J connectivity index is 1.40. The molecule has 0 unspecified atom stereocenters. The topological polar surface area (TPSA) is 37.4 Å². The van der Waals surface area contributed by atoms with Crippen molar-refractivity contribution in [2.75, 3.05) is 19.6 Å². The van der Waals surface area contributed by atoms with Crippen LogP contribution in [0, 0.1) is 23.7 Å². The number of piperidine rings is 1. The Morgan fingerprint density at radius 3 is 1.96 bits per heavy atom. The molecule has 0 aromatic heterocycles. The van der Waals surface area contributed by atoms with Gasteiger partial charge in [-0.1, -0.05) is 39.0 Å². The molecule has 2 saturated carbocycles. The highest BCUT2D eigenvalue weighted by molar-refractivity contribution is 5.84. The molecule has 0 aromatic rings. The maximum absolute atomic E-state index is 12.7. The van der Waals surface area contributed by atoms with Crippen LogP contribution in [0.15, 0.2) is 0 Å². The number of carbonyl (C=O) groups is 2. The Kier molecular flexibility index (Phi) is 6.49. The van der Waals surface area contributed by atoms with Crippen LogP contribution in [0.3, 0.4) is 0 Å². The number of likely N-dealkylation sites (tertiary alicyclic amines) is 1. The molecule has 0 aromatic carbocycles. The average Bonchev–Trinajstić information content (AvgIpc) is 2.63. The highest BCUT2D eigenvalue weighted by Gasteiger charge is 2.32. The summed E-state index contributed by atoms with van der Waals surface area (Å²) < 4.78 is 0. The van der Waals surface area contributed by atoms with Crippen molar-refractivity contribution in [3.05, 3.63) is 0 Å². The first-order valence-electron chi connectivity index (χ1n) is 10.4. The van der Waals surface area contributed by atoms with E-state index in [0.717, 1.165) is 57.5 Å². The molecule has 1 aliphatic heterocycles. The van der Waals surface area contributed by atoms with Gasteiger partial charge in [0, 0.05) is 17.8 Å². The molecule has 0 radical (unpaired) electrons. The smallest absolute Gasteiger partial charge is 0.149 e. The number of carbonyl (C=O) groups excluding carboxylic acids is 2. The molecule has 3 nitrogen and oxygen atoms in total. The van der Waals surface area contributed by atoms with Crippen molar-refractivity contribution in [2.45, 2.75) is 77.6 Å². The van der Waals surface area contributed by atoms with E-state index in [1.165, 1.54) is 32.1 Å². The van der Waals surface area contributed by atoms with Crippen molar-refractivity contribution < 1.29 is 9.59 Å². The van der Waals surface area contributed by atoms with E-state index in [1.807, 2.05) is 0 Å². The van der Waals surface area contributed by atoms with Crippen LogP contribution in [-0.2, 0) is 9.59 Å². The van der Waals surface area contributed by atoms with Crippen LogP contribution in [0.25, 0.3) is 0 Å². The van der Waals surface area contributed by atoms with Crippen LogP contribution in [0.1, 0.15) is 77.6 Å². The maximum atomic E-state index is 12.7. The maximum Gasteiger partial charge on any atom is 0.149 e. The first-order chi connectivity index (χ1) is 11.6. The second kappa shape index (κ2) is 8.60. The van der Waals surface area contributed by atoms with Gasteiger partial charge in [-0.15, -0.1) is 0 Å². The molecule has 3 heteroatoms. The normalized spacial score (nSPS) is 31.0. The van der Waals surface area contributed by atoms with Crippen molar-refractivity contribution in [1.29, 1.82) is 0 Å². The number of hydrogen-bond donors (Lipinski definition) is 0. The molecular weight excluding hydrogens is 298 g/mol. The van der Waals surface area contributed by atoms with E-state index < -0.39 is 0 Å². The molecule has 2 aliphatic carbocycles. The molecule has 3 aliphatic rings. The van der Waals surface area contributed by atoms with E-state index in [4.69, 9.17) is 0 Å².